The second-order valence-corrected chi connectivity index (χ2v) is 5.48. The topological polar surface area (TPSA) is 29.1 Å². The van der Waals surface area contributed by atoms with Crippen molar-refractivity contribution in [2.24, 2.45) is 0 Å². The zero-order valence-corrected chi connectivity index (χ0v) is 11.8. The van der Waals surface area contributed by atoms with Crippen LogP contribution in [0.2, 0.25) is 10.0 Å². The molecule has 0 heterocycles. The van der Waals surface area contributed by atoms with Crippen LogP contribution < -0.4 is 5.32 Å². The highest BCUT2D eigenvalue weighted by atomic mass is 35.5. The Morgan fingerprint density at radius 1 is 1.35 bits per heavy atom. The lowest BCUT2D eigenvalue weighted by Crippen LogP contribution is -2.36. The molecular weight excluding hydrogens is 257 g/mol. The number of carbonyl (C=O) groups is 1. The second kappa shape index (κ2) is 5.74. The van der Waals surface area contributed by atoms with Gasteiger partial charge in [-0.05, 0) is 17.7 Å². The van der Waals surface area contributed by atoms with Gasteiger partial charge in [0.05, 0.1) is 0 Å². The van der Waals surface area contributed by atoms with E-state index >= 15 is 0 Å². The Bertz CT molecular complexity index is 416. The van der Waals surface area contributed by atoms with Gasteiger partial charge in [0, 0.05) is 28.4 Å². The van der Waals surface area contributed by atoms with E-state index < -0.39 is 0 Å². The van der Waals surface area contributed by atoms with Gasteiger partial charge in [0.25, 0.3) is 0 Å². The maximum absolute atomic E-state index is 11.3. The summed E-state index contributed by atoms with van der Waals surface area (Å²) in [4.78, 5) is 11.3. The average molecular weight is 274 g/mol. The molecule has 1 aromatic carbocycles. The minimum absolute atomic E-state index is 0.0446. The number of carbonyl (C=O) groups excluding carboxylic acids is 1. The van der Waals surface area contributed by atoms with Crippen LogP contribution in [0.5, 0.6) is 0 Å². The molecule has 17 heavy (non-hydrogen) atoms. The largest absolute Gasteiger partial charge is 0.355 e. The Labute approximate surface area is 112 Å². The monoisotopic (exact) mass is 273 g/mol. The summed E-state index contributed by atoms with van der Waals surface area (Å²) in [6.45, 7) is 6.47. The van der Waals surface area contributed by atoms with Crippen molar-refractivity contribution >= 4 is 29.1 Å². The van der Waals surface area contributed by atoms with E-state index in [-0.39, 0.29) is 11.3 Å². The van der Waals surface area contributed by atoms with Crippen LogP contribution in [-0.4, -0.2) is 12.5 Å². The van der Waals surface area contributed by atoms with E-state index in [1.165, 1.54) is 0 Å². The lowest BCUT2D eigenvalue weighted by Gasteiger charge is -2.26. The fourth-order valence-corrected chi connectivity index (χ4v) is 2.24. The number of halogens is 2. The van der Waals surface area contributed by atoms with Gasteiger partial charge >= 0.3 is 0 Å². The average Bonchev–Trinajstić information content (AvgIpc) is 2.25. The molecular formula is C13H17Cl2NO. The molecule has 0 bridgehead atoms. The molecule has 0 spiro atoms. The molecule has 0 atom stereocenters. The molecule has 0 saturated carbocycles. The number of amides is 1. The van der Waals surface area contributed by atoms with Gasteiger partial charge in [0.15, 0.2) is 0 Å². The van der Waals surface area contributed by atoms with Crippen LogP contribution in [0.4, 0.5) is 0 Å². The van der Waals surface area contributed by atoms with Crippen molar-refractivity contribution in [2.45, 2.75) is 32.6 Å². The number of benzene rings is 1. The Hall–Kier alpha value is -0.730. The van der Waals surface area contributed by atoms with Gasteiger partial charge in [0.2, 0.25) is 5.91 Å². The van der Waals surface area contributed by atoms with Gasteiger partial charge in [-0.2, -0.15) is 0 Å². The fraction of sp³-hybridized carbons (Fsp3) is 0.462. The van der Waals surface area contributed by atoms with E-state index in [9.17, 15) is 4.79 Å². The quantitative estimate of drug-likeness (QED) is 0.889. The lowest BCUT2D eigenvalue weighted by atomic mass is 9.84. The maximum Gasteiger partial charge on any atom is 0.219 e. The summed E-state index contributed by atoms with van der Waals surface area (Å²) < 4.78 is 0. The Kier molecular flexibility index (Phi) is 4.84. The van der Waals surface area contributed by atoms with Crippen LogP contribution >= 0.6 is 23.2 Å². The molecule has 0 aromatic heterocycles. The number of hydrogen-bond donors (Lipinski definition) is 1. The zero-order chi connectivity index (χ0) is 13.1. The minimum atomic E-state index is -0.216. The van der Waals surface area contributed by atoms with Gasteiger partial charge < -0.3 is 5.32 Å². The van der Waals surface area contributed by atoms with Gasteiger partial charge in [-0.3, -0.25) is 4.79 Å². The van der Waals surface area contributed by atoms with E-state index in [1.54, 1.807) is 6.07 Å². The number of nitrogens with one attached hydrogen (secondary N) is 1. The molecule has 1 aromatic rings. The molecule has 0 aliphatic rings. The van der Waals surface area contributed by atoms with Crippen molar-refractivity contribution in [1.29, 1.82) is 0 Å². The molecule has 0 aliphatic carbocycles. The molecule has 0 fully saturated rings. The Balaban J connectivity index is 2.85. The SMILES string of the molecule is CCC(=O)NCC(C)(C)c1ccc(Cl)cc1Cl. The number of hydrogen-bond acceptors (Lipinski definition) is 1. The highest BCUT2D eigenvalue weighted by Crippen LogP contribution is 2.31. The van der Waals surface area contributed by atoms with Gasteiger partial charge in [-0.25, -0.2) is 0 Å². The summed E-state index contributed by atoms with van der Waals surface area (Å²) >= 11 is 12.0. The smallest absolute Gasteiger partial charge is 0.219 e. The maximum atomic E-state index is 11.3. The summed E-state index contributed by atoms with van der Waals surface area (Å²) in [7, 11) is 0. The van der Waals surface area contributed by atoms with E-state index in [0.29, 0.717) is 23.0 Å². The molecule has 1 N–H and O–H groups in total. The summed E-state index contributed by atoms with van der Waals surface area (Å²) in [6.07, 6.45) is 0.491. The van der Waals surface area contributed by atoms with Crippen molar-refractivity contribution in [2.75, 3.05) is 6.54 Å². The highest BCUT2D eigenvalue weighted by Gasteiger charge is 2.23. The van der Waals surface area contributed by atoms with Crippen LogP contribution in [0.15, 0.2) is 18.2 Å². The summed E-state index contributed by atoms with van der Waals surface area (Å²) in [5.41, 5.74) is 0.770. The molecule has 1 amide bonds. The van der Waals surface area contributed by atoms with Crippen LogP contribution in [-0.2, 0) is 10.2 Å². The van der Waals surface area contributed by atoms with Crippen LogP contribution in [0.3, 0.4) is 0 Å². The standard InChI is InChI=1S/C13H17Cl2NO/c1-4-12(17)16-8-13(2,3)10-6-5-9(14)7-11(10)15/h5-7H,4,8H2,1-3H3,(H,16,17). The van der Waals surface area contributed by atoms with Crippen molar-refractivity contribution in [3.05, 3.63) is 33.8 Å². The van der Waals surface area contributed by atoms with Crippen LogP contribution in [0.25, 0.3) is 0 Å². The Morgan fingerprint density at radius 2 is 2.00 bits per heavy atom. The molecule has 94 valence electrons. The van der Waals surface area contributed by atoms with Crippen molar-refractivity contribution < 1.29 is 4.79 Å². The van der Waals surface area contributed by atoms with E-state index in [1.807, 2.05) is 32.9 Å². The molecule has 1 rings (SSSR count). The van der Waals surface area contributed by atoms with Crippen molar-refractivity contribution in [3.63, 3.8) is 0 Å². The molecule has 2 nitrogen and oxygen atoms in total. The predicted molar refractivity (Wildman–Crippen MR) is 72.8 cm³/mol. The van der Waals surface area contributed by atoms with Crippen molar-refractivity contribution in [1.82, 2.24) is 5.32 Å². The first-order valence-electron chi connectivity index (χ1n) is 5.59. The van der Waals surface area contributed by atoms with Gasteiger partial charge in [-0.15, -0.1) is 0 Å². The summed E-state index contributed by atoms with van der Waals surface area (Å²) in [5.74, 6) is 0.0446. The molecule has 4 heteroatoms. The molecule has 0 aliphatic heterocycles. The third-order valence-electron chi connectivity index (χ3n) is 2.71. The van der Waals surface area contributed by atoms with Crippen LogP contribution in [0, 0.1) is 0 Å². The van der Waals surface area contributed by atoms with Crippen LogP contribution in [0.1, 0.15) is 32.8 Å². The van der Waals surface area contributed by atoms with Gasteiger partial charge in [0.1, 0.15) is 0 Å². The third kappa shape index (κ3) is 3.90. The molecule has 0 unspecified atom stereocenters. The van der Waals surface area contributed by atoms with Gasteiger partial charge in [-0.1, -0.05) is 50.0 Å². The predicted octanol–water partition coefficient (Wildman–Crippen LogP) is 3.80. The zero-order valence-electron chi connectivity index (χ0n) is 10.3. The third-order valence-corrected chi connectivity index (χ3v) is 3.26. The number of rotatable bonds is 4. The van der Waals surface area contributed by atoms with E-state index in [0.717, 1.165) is 5.56 Å². The minimum Gasteiger partial charge on any atom is -0.355 e. The first-order chi connectivity index (χ1) is 7.86. The lowest BCUT2D eigenvalue weighted by molar-refractivity contribution is -0.121. The highest BCUT2D eigenvalue weighted by molar-refractivity contribution is 6.35. The molecule has 0 radical (unpaired) electrons. The first kappa shape index (κ1) is 14.3. The van der Waals surface area contributed by atoms with E-state index in [2.05, 4.69) is 5.32 Å². The molecule has 0 saturated heterocycles. The second-order valence-electron chi connectivity index (χ2n) is 4.64. The fourth-order valence-electron chi connectivity index (χ4n) is 1.58. The first-order valence-corrected chi connectivity index (χ1v) is 6.34. The summed E-state index contributed by atoms with van der Waals surface area (Å²) in [5, 5.41) is 4.13. The van der Waals surface area contributed by atoms with E-state index in [4.69, 9.17) is 23.2 Å². The van der Waals surface area contributed by atoms with Crippen molar-refractivity contribution in [3.8, 4) is 0 Å². The normalized spacial score (nSPS) is 11.4. The summed E-state index contributed by atoms with van der Waals surface area (Å²) in [6, 6.07) is 5.44. The Morgan fingerprint density at radius 3 is 2.53 bits per heavy atom.